The lowest BCUT2D eigenvalue weighted by Gasteiger charge is -2.26. The maximum absolute atomic E-state index is 13.5. The van der Waals surface area contributed by atoms with Gasteiger partial charge >= 0.3 is 5.97 Å². The molecule has 69 heavy (non-hydrogen) atoms. The number of para-hydroxylation sites is 1. The van der Waals surface area contributed by atoms with Crippen molar-refractivity contribution in [1.29, 1.82) is 0 Å². The number of ketones is 1. The Bertz CT molecular complexity index is 2850. The minimum Gasteiger partial charge on any atom is -0.465 e. The summed E-state index contributed by atoms with van der Waals surface area (Å²) in [7, 11) is -2.54. The highest BCUT2D eigenvalue weighted by molar-refractivity contribution is 7.85. The van der Waals surface area contributed by atoms with Crippen LogP contribution in [0.2, 0.25) is 0 Å². The Labute approximate surface area is 408 Å². The Kier molecular flexibility index (Phi) is 16.3. The van der Waals surface area contributed by atoms with Gasteiger partial charge in [0.05, 0.1) is 29.6 Å². The van der Waals surface area contributed by atoms with Gasteiger partial charge in [0.2, 0.25) is 5.69 Å². The zero-order chi connectivity index (χ0) is 49.3. The molecule has 1 amide bonds. The Balaban J connectivity index is 0.959. The molecule has 360 valence electrons. The molecule has 2 heterocycles. The molecular weight excluding hydrogens is 906 g/mol. The van der Waals surface area contributed by atoms with E-state index < -0.39 is 29.4 Å². The van der Waals surface area contributed by atoms with Crippen LogP contribution in [0.3, 0.4) is 0 Å². The largest absolute Gasteiger partial charge is 0.465 e. The quantitative estimate of drug-likeness (QED) is 0.0242. The molecule has 0 radical (unpaired) electrons. The lowest BCUT2D eigenvalue weighted by molar-refractivity contribution is -0.438. The molecule has 2 aliphatic rings. The summed E-state index contributed by atoms with van der Waals surface area (Å²) in [6, 6.07) is 38.3. The lowest BCUT2D eigenvalue weighted by atomic mass is 9.81. The third-order valence-corrected chi connectivity index (χ3v) is 16.5. The number of unbranched alkanes of at least 4 members (excludes halogenated alkanes) is 2. The zero-order valence-electron chi connectivity index (χ0n) is 40.4. The van der Waals surface area contributed by atoms with Crippen LogP contribution in [0, 0.1) is 0 Å². The average molecular weight is 969 g/mol. The molecule has 5 aromatic carbocycles. The van der Waals surface area contributed by atoms with E-state index >= 15 is 0 Å². The van der Waals surface area contributed by atoms with Crippen molar-refractivity contribution in [3.8, 4) is 0 Å². The van der Waals surface area contributed by atoms with E-state index in [2.05, 4.69) is 85.0 Å². The maximum atomic E-state index is 13.5. The van der Waals surface area contributed by atoms with Crippen molar-refractivity contribution in [2.75, 3.05) is 45.4 Å². The van der Waals surface area contributed by atoms with Crippen LogP contribution in [-0.2, 0) is 35.2 Å². The molecule has 7 rings (SSSR count). The fraction of sp³-hybridized carbons (Fsp3) is 0.321. The number of esters is 1. The Hall–Kier alpha value is -6.04. The van der Waals surface area contributed by atoms with Crippen molar-refractivity contribution in [3.05, 3.63) is 168 Å². The number of anilines is 1. The molecule has 2 N–H and O–H groups in total. The zero-order valence-corrected chi connectivity index (χ0v) is 42.1. The van der Waals surface area contributed by atoms with Crippen LogP contribution in [0.4, 0.5) is 11.4 Å². The van der Waals surface area contributed by atoms with Crippen LogP contribution in [-0.4, -0.2) is 81.4 Å². The van der Waals surface area contributed by atoms with Gasteiger partial charge in [0.25, 0.3) is 16.0 Å². The second-order valence-electron chi connectivity index (χ2n) is 18.5. The van der Waals surface area contributed by atoms with Gasteiger partial charge in [-0.15, -0.1) is 0 Å². The third-order valence-electron chi connectivity index (χ3n) is 13.2. The second kappa shape index (κ2) is 22.1. The smallest absolute Gasteiger partial charge is 0.338 e. The van der Waals surface area contributed by atoms with Gasteiger partial charge in [-0.25, -0.2) is 4.79 Å². The number of hydrogen-bond acceptors (Lipinski definition) is 8. The number of fused-ring (bicyclic) bond motifs is 2. The summed E-state index contributed by atoms with van der Waals surface area (Å²) < 4.78 is 47.0. The van der Waals surface area contributed by atoms with E-state index in [-0.39, 0.29) is 22.0 Å². The molecule has 0 fully saturated rings. The normalized spacial score (nSPS) is 15.5. The van der Waals surface area contributed by atoms with Crippen molar-refractivity contribution in [1.82, 2.24) is 5.32 Å². The Morgan fingerprint density at radius 1 is 0.768 bits per heavy atom. The SMILES string of the molecule is COCCN1C(=CC=CC2=[N+](CCCCCC(=O)CCCNC(=O)c3ccc(C(=O)OC)c(P(c4ccccc4)c4ccccc4)c3)c3ccccc3C2(C)C)C(C)(C)c2cc(S(=O)(=O)O)ccc21. The predicted octanol–water partition coefficient (Wildman–Crippen LogP) is 9.08. The van der Waals surface area contributed by atoms with Crippen LogP contribution in [0.5, 0.6) is 0 Å². The third kappa shape index (κ3) is 11.4. The number of nitrogens with one attached hydrogen (secondary N) is 1. The van der Waals surface area contributed by atoms with E-state index in [0.29, 0.717) is 50.1 Å². The van der Waals surface area contributed by atoms with Crippen molar-refractivity contribution < 1.29 is 41.4 Å². The molecular formula is C56H63N3O8PS+. The molecule has 0 spiro atoms. The number of benzene rings is 5. The van der Waals surface area contributed by atoms with Gasteiger partial charge in [0.15, 0.2) is 5.71 Å². The van der Waals surface area contributed by atoms with Gasteiger partial charge in [0.1, 0.15) is 12.3 Å². The number of allylic oxidation sites excluding steroid dienone is 4. The fourth-order valence-electron chi connectivity index (χ4n) is 9.56. The molecule has 0 atom stereocenters. The number of methoxy groups -OCH3 is 2. The molecule has 0 saturated heterocycles. The van der Waals surface area contributed by atoms with Gasteiger partial charge in [0, 0.05) is 84.8 Å². The molecule has 11 nitrogen and oxygen atoms in total. The van der Waals surface area contributed by atoms with Crippen molar-refractivity contribution in [3.63, 3.8) is 0 Å². The fourth-order valence-corrected chi connectivity index (χ4v) is 12.5. The topological polar surface area (TPSA) is 142 Å². The van der Waals surface area contributed by atoms with Crippen LogP contribution in [0.1, 0.15) is 98.1 Å². The standard InChI is InChI=1S/C56H62N3O8PS/c1-55(2)46-26-15-16-27-48(46)58(51(55)28-18-29-52-56(3,4)47-39-44(69(63,64)65)31-33-49(47)59(52)36-37-66-5)35-17-9-10-20-41(60)21-19-34-57-53(61)40-30-32-45(54(62)67-6)50(38-40)68(42-22-11-7-12-23-42)43-24-13-8-14-25-43/h7-8,11-16,18,22-33,38-39H,9-10,17,19-21,34-37H2,1-6H3,(H-,57,61,63,64,65)/p+1. The summed E-state index contributed by atoms with van der Waals surface area (Å²) in [4.78, 5) is 41.6. The van der Waals surface area contributed by atoms with Crippen molar-refractivity contribution >= 4 is 68.7 Å². The minimum atomic E-state index is -4.37. The first-order valence-electron chi connectivity index (χ1n) is 23.5. The van der Waals surface area contributed by atoms with Crippen LogP contribution < -0.4 is 26.1 Å². The highest BCUT2D eigenvalue weighted by atomic mass is 32.2. The first-order valence-corrected chi connectivity index (χ1v) is 26.3. The number of carbonyl (C=O) groups is 3. The Morgan fingerprint density at radius 3 is 2.10 bits per heavy atom. The monoisotopic (exact) mass is 968 g/mol. The summed E-state index contributed by atoms with van der Waals surface area (Å²) in [6.45, 7) is 10.8. The predicted molar refractivity (Wildman–Crippen MR) is 277 cm³/mol. The average Bonchev–Trinajstić information content (AvgIpc) is 3.69. The van der Waals surface area contributed by atoms with Gasteiger partial charge in [-0.2, -0.15) is 13.0 Å². The number of ether oxygens (including phenoxy) is 2. The molecule has 2 aliphatic heterocycles. The number of hydrogen-bond donors (Lipinski definition) is 2. The van der Waals surface area contributed by atoms with Crippen LogP contribution in [0.25, 0.3) is 0 Å². The number of Topliss-reactive ketones (excluding diaryl/α,β-unsaturated/α-hetero) is 1. The highest BCUT2D eigenvalue weighted by Gasteiger charge is 2.44. The minimum absolute atomic E-state index is 0.130. The summed E-state index contributed by atoms with van der Waals surface area (Å²) in [5.41, 5.74) is 6.29. The molecule has 0 aliphatic carbocycles. The summed E-state index contributed by atoms with van der Waals surface area (Å²) >= 11 is 0. The van der Waals surface area contributed by atoms with E-state index in [9.17, 15) is 27.4 Å². The maximum Gasteiger partial charge on any atom is 0.338 e. The molecule has 0 aromatic heterocycles. The van der Waals surface area contributed by atoms with Gasteiger partial charge in [-0.1, -0.05) is 98.8 Å². The van der Waals surface area contributed by atoms with Crippen molar-refractivity contribution in [2.45, 2.75) is 81.9 Å². The highest BCUT2D eigenvalue weighted by Crippen LogP contribution is 2.48. The van der Waals surface area contributed by atoms with Gasteiger partial charge in [-0.3, -0.25) is 14.1 Å². The van der Waals surface area contributed by atoms with E-state index in [4.69, 9.17) is 9.47 Å². The first-order chi connectivity index (χ1) is 33.1. The molecule has 5 aromatic rings. The number of rotatable bonds is 21. The lowest BCUT2D eigenvalue weighted by Crippen LogP contribution is -2.29. The van der Waals surface area contributed by atoms with Crippen LogP contribution >= 0.6 is 7.92 Å². The summed E-state index contributed by atoms with van der Waals surface area (Å²) in [5.74, 6) is -0.553. The van der Waals surface area contributed by atoms with E-state index in [1.165, 1.54) is 24.4 Å². The van der Waals surface area contributed by atoms with Gasteiger partial charge < -0.3 is 19.7 Å². The van der Waals surface area contributed by atoms with E-state index in [1.54, 1.807) is 37.4 Å². The number of carbonyl (C=O) groups excluding carboxylic acids is 3. The number of amides is 1. The molecule has 0 saturated carbocycles. The molecule has 0 bridgehead atoms. The second-order valence-corrected chi connectivity index (χ2v) is 22.1. The van der Waals surface area contributed by atoms with Gasteiger partial charge in [-0.05, 0) is 99.7 Å². The van der Waals surface area contributed by atoms with E-state index in [1.807, 2.05) is 60.7 Å². The Morgan fingerprint density at radius 2 is 1.43 bits per heavy atom. The summed E-state index contributed by atoms with van der Waals surface area (Å²) in [5, 5.41) is 5.82. The van der Waals surface area contributed by atoms with Crippen molar-refractivity contribution in [2.24, 2.45) is 0 Å². The molecule has 0 unspecified atom stereocenters. The van der Waals surface area contributed by atoms with E-state index in [0.717, 1.165) is 64.4 Å². The van der Waals surface area contributed by atoms with Crippen LogP contribution in [0.15, 0.2) is 150 Å². The first kappa shape index (κ1) is 50.8. The number of nitrogens with zero attached hydrogens (tertiary/aromatic N) is 2. The summed E-state index contributed by atoms with van der Waals surface area (Å²) in [6.07, 6.45) is 10.3. The molecule has 13 heteroatoms.